The van der Waals surface area contributed by atoms with Crippen LogP contribution < -0.4 is 5.32 Å². The predicted molar refractivity (Wildman–Crippen MR) is 83.5 cm³/mol. The highest BCUT2D eigenvalue weighted by molar-refractivity contribution is 9.10. The van der Waals surface area contributed by atoms with Crippen LogP contribution in [0.1, 0.15) is 10.4 Å². The van der Waals surface area contributed by atoms with Crippen LogP contribution in [0, 0.1) is 5.82 Å². The average Bonchev–Trinajstić information content (AvgIpc) is 2.34. The number of amides is 1. The summed E-state index contributed by atoms with van der Waals surface area (Å²) in [5.74, 6) is -1.14. The van der Waals surface area contributed by atoms with Crippen LogP contribution in [0.4, 0.5) is 10.1 Å². The molecule has 0 atom stereocenters. The first-order valence-electron chi connectivity index (χ1n) is 5.29. The van der Waals surface area contributed by atoms with E-state index in [4.69, 9.17) is 34.8 Å². The van der Waals surface area contributed by atoms with Gasteiger partial charge in [-0.1, -0.05) is 50.7 Å². The molecule has 20 heavy (non-hydrogen) atoms. The number of rotatable bonds is 2. The Hall–Kier alpha value is -0.810. The van der Waals surface area contributed by atoms with E-state index in [-0.39, 0.29) is 10.0 Å². The van der Waals surface area contributed by atoms with Gasteiger partial charge in [-0.05, 0) is 30.3 Å². The van der Waals surface area contributed by atoms with Crippen LogP contribution >= 0.6 is 50.7 Å². The second-order valence-corrected chi connectivity index (χ2v) is 6.03. The maximum absolute atomic E-state index is 13.3. The summed E-state index contributed by atoms with van der Waals surface area (Å²) in [6.07, 6.45) is 0. The lowest BCUT2D eigenvalue weighted by atomic mass is 10.2. The van der Waals surface area contributed by atoms with Gasteiger partial charge in [-0.2, -0.15) is 0 Å². The van der Waals surface area contributed by atoms with Gasteiger partial charge in [-0.15, -0.1) is 0 Å². The summed E-state index contributed by atoms with van der Waals surface area (Å²) in [6.45, 7) is 0. The topological polar surface area (TPSA) is 29.1 Å². The number of carbonyl (C=O) groups excluding carboxylic acids is 1. The third kappa shape index (κ3) is 3.64. The SMILES string of the molecule is O=C(Nc1cc(Cl)c(F)c(Cl)c1)c1cc(Cl)cc(Br)c1. The number of halogens is 5. The first kappa shape index (κ1) is 15.6. The van der Waals surface area contributed by atoms with Gasteiger partial charge in [-0.25, -0.2) is 4.39 Å². The summed E-state index contributed by atoms with van der Waals surface area (Å²) >= 11 is 20.4. The van der Waals surface area contributed by atoms with Crippen LogP contribution in [0.2, 0.25) is 15.1 Å². The summed E-state index contributed by atoms with van der Waals surface area (Å²) < 4.78 is 13.9. The van der Waals surface area contributed by atoms with Crippen LogP contribution in [-0.2, 0) is 0 Å². The van der Waals surface area contributed by atoms with Crippen molar-refractivity contribution < 1.29 is 9.18 Å². The lowest BCUT2D eigenvalue weighted by Gasteiger charge is -2.08. The molecule has 0 aliphatic carbocycles. The van der Waals surface area contributed by atoms with Gasteiger partial charge in [0.15, 0.2) is 5.82 Å². The van der Waals surface area contributed by atoms with E-state index in [1.807, 2.05) is 0 Å². The molecule has 2 rings (SSSR count). The molecule has 1 N–H and O–H groups in total. The van der Waals surface area contributed by atoms with Gasteiger partial charge >= 0.3 is 0 Å². The molecular weight excluding hydrogens is 391 g/mol. The molecule has 0 radical (unpaired) electrons. The van der Waals surface area contributed by atoms with Gasteiger partial charge in [-0.3, -0.25) is 4.79 Å². The Balaban J connectivity index is 2.28. The molecule has 0 aliphatic rings. The average molecular weight is 397 g/mol. The van der Waals surface area contributed by atoms with Crippen molar-refractivity contribution in [3.63, 3.8) is 0 Å². The Labute approximate surface area is 138 Å². The molecule has 2 aromatic carbocycles. The normalized spacial score (nSPS) is 10.4. The molecule has 0 bridgehead atoms. The minimum atomic E-state index is -0.725. The van der Waals surface area contributed by atoms with Crippen molar-refractivity contribution in [3.05, 3.63) is 61.3 Å². The fourth-order valence-electron chi connectivity index (χ4n) is 1.52. The second-order valence-electron chi connectivity index (χ2n) is 3.87. The first-order chi connectivity index (χ1) is 9.36. The molecule has 0 heterocycles. The second kappa shape index (κ2) is 6.31. The molecule has 104 valence electrons. The Morgan fingerprint density at radius 3 is 2.20 bits per heavy atom. The Morgan fingerprint density at radius 1 is 1.05 bits per heavy atom. The molecule has 2 nitrogen and oxygen atoms in total. The zero-order chi connectivity index (χ0) is 14.9. The van der Waals surface area contributed by atoms with Crippen LogP contribution in [-0.4, -0.2) is 5.91 Å². The van der Waals surface area contributed by atoms with E-state index in [9.17, 15) is 9.18 Å². The summed E-state index contributed by atoms with van der Waals surface area (Å²) in [7, 11) is 0. The number of benzene rings is 2. The summed E-state index contributed by atoms with van der Waals surface area (Å²) in [5, 5.41) is 2.65. The van der Waals surface area contributed by atoms with Crippen molar-refractivity contribution in [2.45, 2.75) is 0 Å². The molecule has 0 spiro atoms. The predicted octanol–water partition coefficient (Wildman–Crippen LogP) is 5.80. The van der Waals surface area contributed by atoms with Gasteiger partial charge in [0.1, 0.15) is 0 Å². The van der Waals surface area contributed by atoms with E-state index >= 15 is 0 Å². The zero-order valence-corrected chi connectivity index (χ0v) is 13.5. The van der Waals surface area contributed by atoms with Gasteiger partial charge < -0.3 is 5.32 Å². The first-order valence-corrected chi connectivity index (χ1v) is 7.21. The standard InChI is InChI=1S/C13H6BrCl3FNO/c14-7-1-6(2-8(15)3-7)13(20)19-9-4-10(16)12(18)11(17)5-9/h1-5H,(H,19,20). The van der Waals surface area contributed by atoms with Gasteiger partial charge in [0.25, 0.3) is 5.91 Å². The summed E-state index contributed by atoms with van der Waals surface area (Å²) in [4.78, 5) is 12.1. The molecule has 0 saturated heterocycles. The van der Waals surface area contributed by atoms with Gasteiger partial charge in [0, 0.05) is 20.7 Å². The number of carbonyl (C=O) groups is 1. The Morgan fingerprint density at radius 2 is 1.65 bits per heavy atom. The van der Waals surface area contributed by atoms with E-state index in [0.29, 0.717) is 20.7 Å². The molecule has 2 aromatic rings. The molecule has 0 fully saturated rings. The van der Waals surface area contributed by atoms with E-state index in [2.05, 4.69) is 21.2 Å². The van der Waals surface area contributed by atoms with Gasteiger partial charge in [0.05, 0.1) is 10.0 Å². The van der Waals surface area contributed by atoms with E-state index < -0.39 is 11.7 Å². The molecule has 0 unspecified atom stereocenters. The van der Waals surface area contributed by atoms with Crippen LogP contribution in [0.5, 0.6) is 0 Å². The fraction of sp³-hybridized carbons (Fsp3) is 0. The minimum Gasteiger partial charge on any atom is -0.322 e. The Bertz CT molecular complexity index is 650. The molecular formula is C13H6BrCl3FNO. The Kier molecular flexibility index (Phi) is 4.91. The lowest BCUT2D eigenvalue weighted by Crippen LogP contribution is -2.12. The van der Waals surface area contributed by atoms with Crippen LogP contribution in [0.15, 0.2) is 34.8 Å². The van der Waals surface area contributed by atoms with E-state index in [1.165, 1.54) is 18.2 Å². The highest BCUT2D eigenvalue weighted by Crippen LogP contribution is 2.28. The third-order valence-corrected chi connectivity index (χ3v) is 3.59. The largest absolute Gasteiger partial charge is 0.322 e. The zero-order valence-electron chi connectivity index (χ0n) is 9.68. The van der Waals surface area contributed by atoms with Crippen molar-refractivity contribution in [1.29, 1.82) is 0 Å². The number of anilines is 1. The molecule has 0 aliphatic heterocycles. The highest BCUT2D eigenvalue weighted by atomic mass is 79.9. The van der Waals surface area contributed by atoms with E-state index in [0.717, 1.165) is 0 Å². The monoisotopic (exact) mass is 395 g/mol. The van der Waals surface area contributed by atoms with Crippen molar-refractivity contribution in [2.75, 3.05) is 5.32 Å². The maximum Gasteiger partial charge on any atom is 0.255 e. The molecule has 1 amide bonds. The van der Waals surface area contributed by atoms with Crippen molar-refractivity contribution >= 4 is 62.3 Å². The molecule has 0 saturated carbocycles. The van der Waals surface area contributed by atoms with E-state index in [1.54, 1.807) is 12.1 Å². The third-order valence-electron chi connectivity index (χ3n) is 2.37. The molecule has 7 heteroatoms. The molecule has 0 aromatic heterocycles. The number of hydrogen-bond donors (Lipinski definition) is 1. The van der Waals surface area contributed by atoms with Crippen molar-refractivity contribution in [2.24, 2.45) is 0 Å². The maximum atomic E-state index is 13.3. The number of nitrogens with one attached hydrogen (secondary N) is 1. The van der Waals surface area contributed by atoms with Crippen molar-refractivity contribution in [1.82, 2.24) is 0 Å². The summed E-state index contributed by atoms with van der Waals surface area (Å²) in [5.41, 5.74) is 0.642. The fourth-order valence-corrected chi connectivity index (χ4v) is 2.86. The van der Waals surface area contributed by atoms with Crippen LogP contribution in [0.25, 0.3) is 0 Å². The minimum absolute atomic E-state index is 0.167. The summed E-state index contributed by atoms with van der Waals surface area (Å²) in [6, 6.07) is 7.33. The highest BCUT2D eigenvalue weighted by Gasteiger charge is 2.12. The quantitative estimate of drug-likeness (QED) is 0.638. The van der Waals surface area contributed by atoms with Gasteiger partial charge in [0.2, 0.25) is 0 Å². The number of hydrogen-bond acceptors (Lipinski definition) is 1. The van der Waals surface area contributed by atoms with Crippen LogP contribution in [0.3, 0.4) is 0 Å². The van der Waals surface area contributed by atoms with Crippen molar-refractivity contribution in [3.8, 4) is 0 Å². The lowest BCUT2D eigenvalue weighted by molar-refractivity contribution is 0.102. The smallest absolute Gasteiger partial charge is 0.255 e.